The minimum atomic E-state index is -0.335. The molecule has 0 unspecified atom stereocenters. The normalized spacial score (nSPS) is 35.1. The number of aromatic nitrogens is 2. The zero-order chi connectivity index (χ0) is 9.60. The summed E-state index contributed by atoms with van der Waals surface area (Å²) < 4.78 is 12.7. The lowest BCUT2D eigenvalue weighted by Crippen LogP contribution is -2.17. The zero-order valence-corrected chi connectivity index (χ0v) is 8.04. The van der Waals surface area contributed by atoms with Crippen LogP contribution in [0, 0.1) is 11.7 Å². The third-order valence-corrected chi connectivity index (χ3v) is 3.72. The summed E-state index contributed by atoms with van der Waals surface area (Å²) in [4.78, 5) is 8.26. The van der Waals surface area contributed by atoms with Crippen LogP contribution in [0.5, 0.6) is 0 Å². The molecule has 2 nitrogen and oxygen atoms in total. The van der Waals surface area contributed by atoms with E-state index in [1.165, 1.54) is 44.5 Å². The molecule has 1 aromatic heterocycles. The SMILES string of the molecule is Fc1cnc([C@@]23CCCC[C@H]2C3)nc1. The quantitative estimate of drug-likeness (QED) is 0.683. The van der Waals surface area contributed by atoms with Crippen LogP contribution in [-0.4, -0.2) is 9.97 Å². The number of rotatable bonds is 1. The van der Waals surface area contributed by atoms with Crippen LogP contribution in [0.1, 0.15) is 37.9 Å². The molecule has 2 aliphatic carbocycles. The molecular formula is C11H13FN2. The number of fused-ring (bicyclic) bond motifs is 1. The van der Waals surface area contributed by atoms with Crippen molar-refractivity contribution < 1.29 is 4.39 Å². The molecule has 2 saturated carbocycles. The van der Waals surface area contributed by atoms with Gasteiger partial charge in [-0.25, -0.2) is 14.4 Å². The van der Waals surface area contributed by atoms with Gasteiger partial charge < -0.3 is 0 Å². The lowest BCUT2D eigenvalue weighted by Gasteiger charge is -2.19. The highest BCUT2D eigenvalue weighted by molar-refractivity contribution is 5.23. The lowest BCUT2D eigenvalue weighted by atomic mass is 9.88. The predicted octanol–water partition coefficient (Wildman–Crippen LogP) is 2.45. The maximum absolute atomic E-state index is 12.7. The molecular weight excluding hydrogens is 179 g/mol. The van der Waals surface area contributed by atoms with Crippen molar-refractivity contribution in [1.82, 2.24) is 9.97 Å². The standard InChI is InChI=1S/C11H13FN2/c12-9-6-13-10(14-7-9)11-4-2-1-3-8(11)5-11/h6-8H,1-5H2/t8-,11+/m0/s1. The largest absolute Gasteiger partial charge is 0.238 e. The highest BCUT2D eigenvalue weighted by Crippen LogP contribution is 2.61. The van der Waals surface area contributed by atoms with Gasteiger partial charge in [-0.3, -0.25) is 0 Å². The van der Waals surface area contributed by atoms with E-state index in [1.807, 2.05) is 0 Å². The van der Waals surface area contributed by atoms with Crippen molar-refractivity contribution in [2.24, 2.45) is 5.92 Å². The third kappa shape index (κ3) is 1.08. The Bertz CT molecular complexity index is 349. The number of hydrogen-bond acceptors (Lipinski definition) is 2. The second-order valence-electron chi connectivity index (χ2n) is 4.53. The van der Waals surface area contributed by atoms with Gasteiger partial charge in [0.05, 0.1) is 12.4 Å². The molecule has 0 aromatic carbocycles. The summed E-state index contributed by atoms with van der Waals surface area (Å²) in [7, 11) is 0. The van der Waals surface area contributed by atoms with Crippen LogP contribution < -0.4 is 0 Å². The molecule has 1 heterocycles. The first-order valence-corrected chi connectivity index (χ1v) is 5.29. The smallest absolute Gasteiger partial charge is 0.159 e. The fourth-order valence-corrected chi connectivity index (χ4v) is 2.85. The molecule has 0 amide bonds. The minimum Gasteiger partial charge on any atom is -0.238 e. The van der Waals surface area contributed by atoms with Crippen molar-refractivity contribution in [3.05, 3.63) is 24.0 Å². The van der Waals surface area contributed by atoms with Crippen LogP contribution in [0.15, 0.2) is 12.4 Å². The molecule has 0 aliphatic heterocycles. The summed E-state index contributed by atoms with van der Waals surface area (Å²) >= 11 is 0. The van der Waals surface area contributed by atoms with Crippen LogP contribution in [0.4, 0.5) is 4.39 Å². The fraction of sp³-hybridized carbons (Fsp3) is 0.636. The van der Waals surface area contributed by atoms with Crippen molar-refractivity contribution in [2.75, 3.05) is 0 Å². The van der Waals surface area contributed by atoms with Gasteiger partial charge in [0.1, 0.15) is 5.82 Å². The molecule has 14 heavy (non-hydrogen) atoms. The molecule has 1 aromatic rings. The Morgan fingerprint density at radius 1 is 1.29 bits per heavy atom. The van der Waals surface area contributed by atoms with E-state index in [1.54, 1.807) is 0 Å². The molecule has 0 saturated heterocycles. The Kier molecular flexibility index (Phi) is 1.64. The molecule has 74 valence electrons. The van der Waals surface area contributed by atoms with Crippen LogP contribution in [0.25, 0.3) is 0 Å². The van der Waals surface area contributed by atoms with Gasteiger partial charge >= 0.3 is 0 Å². The lowest BCUT2D eigenvalue weighted by molar-refractivity contribution is 0.411. The van der Waals surface area contributed by atoms with E-state index in [9.17, 15) is 4.39 Å². The van der Waals surface area contributed by atoms with E-state index in [0.717, 1.165) is 11.7 Å². The minimum absolute atomic E-state index is 0.242. The second-order valence-corrected chi connectivity index (χ2v) is 4.53. The molecule has 2 atom stereocenters. The predicted molar refractivity (Wildman–Crippen MR) is 50.2 cm³/mol. The monoisotopic (exact) mass is 192 g/mol. The van der Waals surface area contributed by atoms with Crippen LogP contribution in [-0.2, 0) is 5.41 Å². The van der Waals surface area contributed by atoms with E-state index < -0.39 is 0 Å². The first kappa shape index (κ1) is 8.33. The van der Waals surface area contributed by atoms with Gasteiger partial charge in [-0.05, 0) is 25.2 Å². The average Bonchev–Trinajstić information content (AvgIpc) is 2.94. The Labute approximate surface area is 82.6 Å². The van der Waals surface area contributed by atoms with Gasteiger partial charge in [0.15, 0.2) is 5.82 Å². The Morgan fingerprint density at radius 3 is 2.79 bits per heavy atom. The van der Waals surface area contributed by atoms with E-state index in [-0.39, 0.29) is 11.2 Å². The molecule has 0 radical (unpaired) electrons. The average molecular weight is 192 g/mol. The van der Waals surface area contributed by atoms with E-state index in [4.69, 9.17) is 0 Å². The summed E-state index contributed by atoms with van der Waals surface area (Å²) in [6, 6.07) is 0. The topological polar surface area (TPSA) is 25.8 Å². The number of hydrogen-bond donors (Lipinski definition) is 0. The number of nitrogens with zero attached hydrogens (tertiary/aromatic N) is 2. The second kappa shape index (κ2) is 2.75. The maximum atomic E-state index is 12.7. The van der Waals surface area contributed by atoms with Gasteiger partial charge in [0, 0.05) is 5.41 Å². The Balaban J connectivity index is 1.92. The number of halogens is 1. The summed E-state index contributed by atoms with van der Waals surface area (Å²) in [6.07, 6.45) is 8.93. The molecule has 2 aliphatic rings. The van der Waals surface area contributed by atoms with Crippen LogP contribution in [0.3, 0.4) is 0 Å². The molecule has 0 spiro atoms. The first-order valence-electron chi connectivity index (χ1n) is 5.29. The third-order valence-electron chi connectivity index (χ3n) is 3.72. The summed E-state index contributed by atoms with van der Waals surface area (Å²) in [6.45, 7) is 0. The van der Waals surface area contributed by atoms with Crippen molar-refractivity contribution in [3.63, 3.8) is 0 Å². The van der Waals surface area contributed by atoms with Crippen molar-refractivity contribution in [2.45, 2.75) is 37.5 Å². The van der Waals surface area contributed by atoms with Gasteiger partial charge in [-0.15, -0.1) is 0 Å². The molecule has 0 N–H and O–H groups in total. The molecule has 3 rings (SSSR count). The van der Waals surface area contributed by atoms with Crippen molar-refractivity contribution >= 4 is 0 Å². The maximum Gasteiger partial charge on any atom is 0.159 e. The van der Waals surface area contributed by atoms with Crippen molar-refractivity contribution in [1.29, 1.82) is 0 Å². The van der Waals surface area contributed by atoms with Gasteiger partial charge in [0.25, 0.3) is 0 Å². The highest BCUT2D eigenvalue weighted by Gasteiger charge is 2.57. The first-order chi connectivity index (χ1) is 6.81. The summed E-state index contributed by atoms with van der Waals surface area (Å²) in [5.74, 6) is 1.32. The Morgan fingerprint density at radius 2 is 2.07 bits per heavy atom. The molecule has 2 fully saturated rings. The summed E-state index contributed by atoms with van der Waals surface area (Å²) in [5.41, 5.74) is 0.242. The molecule has 0 bridgehead atoms. The molecule has 3 heteroatoms. The Hall–Kier alpha value is -0.990. The van der Waals surface area contributed by atoms with Gasteiger partial charge in [-0.2, -0.15) is 0 Å². The van der Waals surface area contributed by atoms with Gasteiger partial charge in [0.2, 0.25) is 0 Å². The van der Waals surface area contributed by atoms with Crippen molar-refractivity contribution in [3.8, 4) is 0 Å². The summed E-state index contributed by atoms with van der Waals surface area (Å²) in [5, 5.41) is 0. The zero-order valence-electron chi connectivity index (χ0n) is 8.04. The van der Waals surface area contributed by atoms with Crippen LogP contribution in [0.2, 0.25) is 0 Å². The van der Waals surface area contributed by atoms with E-state index in [0.29, 0.717) is 0 Å². The van der Waals surface area contributed by atoms with E-state index in [2.05, 4.69) is 9.97 Å². The van der Waals surface area contributed by atoms with Gasteiger partial charge in [-0.1, -0.05) is 12.8 Å². The highest BCUT2D eigenvalue weighted by atomic mass is 19.1. The fourth-order valence-electron chi connectivity index (χ4n) is 2.85. The van der Waals surface area contributed by atoms with E-state index >= 15 is 0 Å². The van der Waals surface area contributed by atoms with Crippen LogP contribution >= 0.6 is 0 Å².